The summed E-state index contributed by atoms with van der Waals surface area (Å²) >= 11 is 0. The Kier molecular flexibility index (Phi) is 16.9. The van der Waals surface area contributed by atoms with Crippen LogP contribution < -0.4 is 0 Å². The maximum absolute atomic E-state index is 2.44. The minimum absolute atomic E-state index is 1.28. The standard InChI is InChI=1S/2C46H30.C38H26/c1-27-19-21-37-39(23-27)45(41-33-15-7-3-11-29(33)25-30-12-4-8-16-34(30)41)44-38-22-20-28(2)24-40(38)46(43(37)44)42-35-17-9-5-13-31(35)26-32-14-6-10-18-36(32)42;1-27-19-21-37-39(23-27)43(41-25-29-11-3-5-13-31(29)33-15-7-9-17-35(33)41)46-38-22-20-28(2)24-40(38)44(45(37)46)42-26-30-12-4-6-14-32(30)34-16-8-10-18-36(34)42;1-23-11-17-31-33(19-23)35(29-15-13-25-7-3-5-9-27(25)21-29)38-32-18-12-24(2)20-34(32)36(37(31)38)30-16-14-26-8-4-6-10-28(26)22-30/h2*3-26H,1-2H3;3-22H,1-2H3. The van der Waals surface area contributed by atoms with Crippen molar-refractivity contribution in [3.63, 3.8) is 0 Å². The summed E-state index contributed by atoms with van der Waals surface area (Å²) in [7, 11) is 0. The molecule has 0 unspecified atom stereocenters. The minimum Gasteiger partial charge on any atom is -0.0616 e. The average molecular weight is 1650 g/mol. The van der Waals surface area contributed by atoms with Gasteiger partial charge in [-0.2, -0.15) is 0 Å². The van der Waals surface area contributed by atoms with Gasteiger partial charge in [0, 0.05) is 0 Å². The highest BCUT2D eigenvalue weighted by molar-refractivity contribution is 6.41. The third-order valence-corrected chi connectivity index (χ3v) is 28.7. The third kappa shape index (κ3) is 11.5. The molecule has 0 heterocycles. The molecule has 0 radical (unpaired) electrons. The molecule has 0 saturated heterocycles. The van der Waals surface area contributed by atoms with E-state index in [0.29, 0.717) is 0 Å². The molecule has 6 aliphatic carbocycles. The van der Waals surface area contributed by atoms with Gasteiger partial charge in [-0.1, -0.05) is 409 Å². The summed E-state index contributed by atoms with van der Waals surface area (Å²) in [6, 6.07) is 154. The van der Waals surface area contributed by atoms with Gasteiger partial charge >= 0.3 is 0 Å². The molecular formula is C130H86. The van der Waals surface area contributed by atoms with Crippen LogP contribution in [0.15, 0.2) is 413 Å². The number of rotatable bonds is 6. The fourth-order valence-electron chi connectivity index (χ4n) is 23.1. The van der Waals surface area contributed by atoms with E-state index in [4.69, 9.17) is 0 Å². The topological polar surface area (TPSA) is 0 Å². The first-order valence-corrected chi connectivity index (χ1v) is 45.7. The van der Waals surface area contributed by atoms with Gasteiger partial charge in [-0.15, -0.1) is 0 Å². The van der Waals surface area contributed by atoms with Crippen molar-refractivity contribution in [2.45, 2.75) is 41.5 Å². The maximum Gasteiger partial charge on any atom is -0.000718 e. The Hall–Kier alpha value is -16.1. The lowest BCUT2D eigenvalue weighted by molar-refractivity contribution is 1.42. The highest BCUT2D eigenvalue weighted by Crippen LogP contribution is 2.65. The van der Waals surface area contributed by atoms with Crippen molar-refractivity contribution < 1.29 is 0 Å². The summed E-state index contributed by atoms with van der Waals surface area (Å²) in [6.45, 7) is 13.3. The van der Waals surface area contributed by atoms with E-state index in [1.54, 1.807) is 0 Å². The number of fused-ring (bicyclic) bond motifs is 27. The van der Waals surface area contributed by atoms with E-state index >= 15 is 0 Å². The quantitative estimate of drug-likeness (QED) is 0.115. The molecule has 0 aromatic heterocycles. The second kappa shape index (κ2) is 29.2. The number of aryl methyl sites for hydroxylation is 6. The third-order valence-electron chi connectivity index (χ3n) is 28.7. The van der Waals surface area contributed by atoms with Crippen molar-refractivity contribution in [3.05, 3.63) is 546 Å². The van der Waals surface area contributed by atoms with Crippen LogP contribution in [0.5, 0.6) is 0 Å². The van der Waals surface area contributed by atoms with Gasteiger partial charge in [-0.25, -0.2) is 0 Å². The van der Waals surface area contributed by atoms with Gasteiger partial charge in [0.2, 0.25) is 0 Å². The number of allylic oxidation sites excluding steroid dienone is 6. The number of benzene rings is 22. The highest BCUT2D eigenvalue weighted by atomic mass is 14.5. The molecule has 0 amide bonds. The lowest BCUT2D eigenvalue weighted by Gasteiger charge is -2.18. The summed E-state index contributed by atoms with van der Waals surface area (Å²) in [5.41, 5.74) is 47.9. The molecule has 22 aromatic carbocycles. The van der Waals surface area contributed by atoms with E-state index in [1.165, 1.54) is 308 Å². The van der Waals surface area contributed by atoms with Gasteiger partial charge in [0.05, 0.1) is 0 Å². The van der Waals surface area contributed by atoms with Crippen molar-refractivity contribution in [3.8, 4) is 0 Å². The Balaban J connectivity index is 0.000000103. The van der Waals surface area contributed by atoms with Gasteiger partial charge in [0.1, 0.15) is 0 Å². The second-order valence-electron chi connectivity index (χ2n) is 36.7. The second-order valence-corrected chi connectivity index (χ2v) is 36.7. The first-order valence-electron chi connectivity index (χ1n) is 45.7. The zero-order valence-electron chi connectivity index (χ0n) is 73.3. The Morgan fingerprint density at radius 2 is 0.323 bits per heavy atom. The highest BCUT2D eigenvalue weighted by Gasteiger charge is 2.43. The number of hydrogen-bond acceptors (Lipinski definition) is 0. The van der Waals surface area contributed by atoms with E-state index in [-0.39, 0.29) is 0 Å². The fraction of sp³-hybridized carbons (Fsp3) is 0.0462. The van der Waals surface area contributed by atoms with Crippen LogP contribution in [0.1, 0.15) is 134 Å². The maximum atomic E-state index is 2.44. The van der Waals surface area contributed by atoms with Crippen molar-refractivity contribution in [1.29, 1.82) is 0 Å². The largest absolute Gasteiger partial charge is 0.0616 e. The van der Waals surface area contributed by atoms with Gasteiger partial charge < -0.3 is 0 Å². The Labute approximate surface area is 756 Å². The lowest BCUT2D eigenvalue weighted by atomic mass is 9.85. The Morgan fingerprint density at radius 1 is 0.108 bits per heavy atom. The molecule has 130 heavy (non-hydrogen) atoms. The molecule has 6 aliphatic rings. The van der Waals surface area contributed by atoms with Crippen LogP contribution in [0.3, 0.4) is 0 Å². The normalized spacial score (nSPS) is 13.7. The first-order chi connectivity index (χ1) is 64.0. The van der Waals surface area contributed by atoms with Crippen LogP contribution in [0.4, 0.5) is 0 Å². The molecule has 28 rings (SSSR count). The van der Waals surface area contributed by atoms with Crippen LogP contribution in [0.2, 0.25) is 0 Å². The Morgan fingerprint density at radius 3 is 0.623 bits per heavy atom. The van der Waals surface area contributed by atoms with Crippen LogP contribution in [0, 0.1) is 41.5 Å². The van der Waals surface area contributed by atoms with E-state index in [0.717, 1.165) is 0 Å². The molecule has 0 heteroatoms. The Bertz CT molecular complexity index is 8440. The summed E-state index contributed by atoms with van der Waals surface area (Å²) in [5, 5.41) is 25.8. The average Bonchev–Trinajstić information content (AvgIpc) is 1.53. The molecule has 0 aliphatic heterocycles. The van der Waals surface area contributed by atoms with E-state index in [9.17, 15) is 0 Å². The molecule has 0 bridgehead atoms. The lowest BCUT2D eigenvalue weighted by Crippen LogP contribution is -1.97. The van der Waals surface area contributed by atoms with Crippen molar-refractivity contribution in [2.75, 3.05) is 0 Å². The van der Waals surface area contributed by atoms with Gasteiger partial charge in [0.25, 0.3) is 0 Å². The zero-order valence-corrected chi connectivity index (χ0v) is 73.3. The van der Waals surface area contributed by atoms with Crippen LogP contribution in [-0.4, -0.2) is 0 Å². The van der Waals surface area contributed by atoms with Crippen LogP contribution in [0.25, 0.3) is 175 Å². The summed E-state index contributed by atoms with van der Waals surface area (Å²) in [5.74, 6) is 0. The molecule has 0 spiro atoms. The SMILES string of the molecule is Cc1ccc2c(c1)C(c1c3ccccc3cc3ccccc13)=C1C2=C(c2c3ccccc3cc3ccccc23)c2cc(C)ccc21.Cc1ccc2c(c1)C(c1cc3ccccc3c3ccccc13)=C1C2=C(c2cc3ccccc3c3ccccc23)c2cc(C)ccc21.Cc1ccc2c(c1)C(c1ccc3ccccc3c1)=C1C2=C(c2ccc3ccccc3c2)c2cc(C)ccc21. The number of hydrogen-bond donors (Lipinski definition) is 0. The monoisotopic (exact) mass is 1650 g/mol. The van der Waals surface area contributed by atoms with E-state index < -0.39 is 0 Å². The fourth-order valence-corrected chi connectivity index (χ4v) is 23.1. The predicted octanol–water partition coefficient (Wildman–Crippen LogP) is 34.2. The molecule has 0 N–H and O–H groups in total. The summed E-state index contributed by atoms with van der Waals surface area (Å²) in [6.07, 6.45) is 0. The van der Waals surface area contributed by atoms with Gasteiger partial charge in [-0.3, -0.25) is 0 Å². The first kappa shape index (κ1) is 75.2. The molecular weight excluding hydrogens is 1560 g/mol. The molecule has 606 valence electrons. The smallest absolute Gasteiger partial charge is 0.000718 e. The van der Waals surface area contributed by atoms with Crippen LogP contribution in [-0.2, 0) is 0 Å². The van der Waals surface area contributed by atoms with Crippen molar-refractivity contribution in [2.24, 2.45) is 0 Å². The molecule has 0 fully saturated rings. The van der Waals surface area contributed by atoms with Crippen molar-refractivity contribution in [1.82, 2.24) is 0 Å². The van der Waals surface area contributed by atoms with Crippen molar-refractivity contribution >= 4 is 175 Å². The molecule has 0 nitrogen and oxygen atoms in total. The van der Waals surface area contributed by atoms with Gasteiger partial charge in [0.15, 0.2) is 0 Å². The zero-order chi connectivity index (χ0) is 86.4. The molecule has 0 atom stereocenters. The van der Waals surface area contributed by atoms with E-state index in [2.05, 4.69) is 454 Å². The predicted molar refractivity (Wildman–Crippen MR) is 556 cm³/mol. The summed E-state index contributed by atoms with van der Waals surface area (Å²) < 4.78 is 0. The molecule has 22 aromatic rings. The van der Waals surface area contributed by atoms with Gasteiger partial charge in [-0.05, 0) is 353 Å². The van der Waals surface area contributed by atoms with Crippen LogP contribution >= 0.6 is 0 Å². The van der Waals surface area contributed by atoms with E-state index in [1.807, 2.05) is 0 Å². The summed E-state index contributed by atoms with van der Waals surface area (Å²) in [4.78, 5) is 0. The molecule has 0 saturated carbocycles. The minimum atomic E-state index is 1.28.